The van der Waals surface area contributed by atoms with Crippen LogP contribution in [-0.4, -0.2) is 70.7 Å². The van der Waals surface area contributed by atoms with E-state index in [1.807, 2.05) is 22.1 Å². The lowest BCUT2D eigenvalue weighted by Gasteiger charge is -2.33. The number of halogens is 1. The maximum atomic E-state index is 12.6. The standard InChI is InChI=1S/C20H31N5O2.ClH/c26-19(15-25-13-7-18(22-25)17-4-3-8-21-14-17)23-11-5-16(6-12-23)20(27)24-9-1-2-10-24;/h7,13,16-17,21H,1-6,8-12,14-15H2;1H. The fourth-order valence-electron chi connectivity index (χ4n) is 4.60. The van der Waals surface area contributed by atoms with E-state index in [2.05, 4.69) is 10.4 Å². The predicted molar refractivity (Wildman–Crippen MR) is 109 cm³/mol. The van der Waals surface area contributed by atoms with Gasteiger partial charge in [-0.1, -0.05) is 0 Å². The molecule has 0 aliphatic carbocycles. The summed E-state index contributed by atoms with van der Waals surface area (Å²) in [5.74, 6) is 0.973. The normalized spacial score (nSPS) is 23.5. The molecule has 3 saturated heterocycles. The van der Waals surface area contributed by atoms with Gasteiger partial charge in [0.2, 0.25) is 11.8 Å². The van der Waals surface area contributed by atoms with Crippen molar-refractivity contribution in [2.24, 2.45) is 5.92 Å². The van der Waals surface area contributed by atoms with Gasteiger partial charge in [-0.25, -0.2) is 0 Å². The van der Waals surface area contributed by atoms with Crippen molar-refractivity contribution in [1.29, 1.82) is 0 Å². The van der Waals surface area contributed by atoms with Crippen LogP contribution in [-0.2, 0) is 16.1 Å². The molecule has 4 heterocycles. The molecule has 0 spiro atoms. The second-order valence-electron chi connectivity index (χ2n) is 8.17. The molecule has 156 valence electrons. The number of carbonyl (C=O) groups excluding carboxylic acids is 2. The molecule has 3 aliphatic heterocycles. The second kappa shape index (κ2) is 9.74. The van der Waals surface area contributed by atoms with Crippen molar-refractivity contribution in [1.82, 2.24) is 24.9 Å². The number of piperidine rings is 2. The Hall–Kier alpha value is -1.60. The Balaban J connectivity index is 0.00000225. The summed E-state index contributed by atoms with van der Waals surface area (Å²) in [5, 5.41) is 8.05. The van der Waals surface area contributed by atoms with Crippen molar-refractivity contribution >= 4 is 24.2 Å². The molecule has 0 bridgehead atoms. The van der Waals surface area contributed by atoms with Crippen LogP contribution in [0.15, 0.2) is 12.3 Å². The average Bonchev–Trinajstić information content (AvgIpc) is 3.40. The Kier molecular flexibility index (Phi) is 7.35. The van der Waals surface area contributed by atoms with E-state index in [0.717, 1.165) is 64.0 Å². The first-order valence-electron chi connectivity index (χ1n) is 10.5. The molecule has 3 aliphatic rings. The minimum Gasteiger partial charge on any atom is -0.342 e. The number of likely N-dealkylation sites (tertiary alicyclic amines) is 2. The smallest absolute Gasteiger partial charge is 0.244 e. The average molecular weight is 410 g/mol. The summed E-state index contributed by atoms with van der Waals surface area (Å²) in [6.07, 6.45) is 8.11. The van der Waals surface area contributed by atoms with Gasteiger partial charge in [0, 0.05) is 50.8 Å². The molecule has 0 radical (unpaired) electrons. The maximum absolute atomic E-state index is 12.6. The van der Waals surface area contributed by atoms with Crippen LogP contribution in [0.5, 0.6) is 0 Å². The number of hydrogen-bond acceptors (Lipinski definition) is 4. The van der Waals surface area contributed by atoms with Gasteiger partial charge in [0.1, 0.15) is 6.54 Å². The zero-order chi connectivity index (χ0) is 18.6. The fraction of sp³-hybridized carbons (Fsp3) is 0.750. The molecule has 1 N–H and O–H groups in total. The van der Waals surface area contributed by atoms with Crippen LogP contribution in [0.25, 0.3) is 0 Å². The monoisotopic (exact) mass is 409 g/mol. The minimum absolute atomic E-state index is 0. The van der Waals surface area contributed by atoms with E-state index >= 15 is 0 Å². The van der Waals surface area contributed by atoms with Gasteiger partial charge in [-0.05, 0) is 51.1 Å². The second-order valence-corrected chi connectivity index (χ2v) is 8.17. The molecule has 28 heavy (non-hydrogen) atoms. The Labute approximate surface area is 173 Å². The lowest BCUT2D eigenvalue weighted by atomic mass is 9.95. The zero-order valence-electron chi connectivity index (χ0n) is 16.5. The van der Waals surface area contributed by atoms with E-state index in [1.54, 1.807) is 4.68 Å². The predicted octanol–water partition coefficient (Wildman–Crippen LogP) is 1.63. The van der Waals surface area contributed by atoms with Crippen LogP contribution in [0.3, 0.4) is 0 Å². The van der Waals surface area contributed by atoms with Crippen molar-refractivity contribution in [3.63, 3.8) is 0 Å². The Morgan fingerprint density at radius 2 is 1.79 bits per heavy atom. The van der Waals surface area contributed by atoms with E-state index in [9.17, 15) is 9.59 Å². The van der Waals surface area contributed by atoms with Crippen LogP contribution >= 0.6 is 12.4 Å². The van der Waals surface area contributed by atoms with Crippen LogP contribution in [0.1, 0.15) is 50.1 Å². The molecule has 1 aromatic rings. The molecule has 7 nitrogen and oxygen atoms in total. The number of carbonyl (C=O) groups is 2. The highest BCUT2D eigenvalue weighted by Gasteiger charge is 2.31. The highest BCUT2D eigenvalue weighted by Crippen LogP contribution is 2.23. The molecule has 8 heteroatoms. The van der Waals surface area contributed by atoms with E-state index < -0.39 is 0 Å². The molecule has 0 saturated carbocycles. The van der Waals surface area contributed by atoms with Crippen LogP contribution in [0.4, 0.5) is 0 Å². The third kappa shape index (κ3) is 4.87. The lowest BCUT2D eigenvalue weighted by molar-refractivity contribution is -0.140. The number of rotatable bonds is 4. The first-order valence-corrected chi connectivity index (χ1v) is 10.5. The zero-order valence-corrected chi connectivity index (χ0v) is 17.3. The van der Waals surface area contributed by atoms with Gasteiger partial charge in [-0.3, -0.25) is 14.3 Å². The van der Waals surface area contributed by atoms with Crippen LogP contribution < -0.4 is 5.32 Å². The molecule has 1 atom stereocenters. The molecule has 2 amide bonds. The van der Waals surface area contributed by atoms with Gasteiger partial charge in [0.15, 0.2) is 0 Å². The number of hydrogen-bond donors (Lipinski definition) is 1. The summed E-state index contributed by atoms with van der Waals surface area (Å²) in [6, 6.07) is 2.05. The molecule has 1 unspecified atom stereocenters. The van der Waals surface area contributed by atoms with Gasteiger partial charge < -0.3 is 15.1 Å². The van der Waals surface area contributed by atoms with E-state index in [-0.39, 0.29) is 24.2 Å². The highest BCUT2D eigenvalue weighted by atomic mass is 35.5. The van der Waals surface area contributed by atoms with Gasteiger partial charge >= 0.3 is 0 Å². The maximum Gasteiger partial charge on any atom is 0.244 e. The summed E-state index contributed by atoms with van der Waals surface area (Å²) in [4.78, 5) is 29.1. The molecule has 0 aromatic carbocycles. The van der Waals surface area contributed by atoms with Crippen molar-refractivity contribution < 1.29 is 9.59 Å². The number of nitrogens with zero attached hydrogens (tertiary/aromatic N) is 4. The van der Waals surface area contributed by atoms with E-state index in [1.165, 1.54) is 6.42 Å². The Morgan fingerprint density at radius 3 is 2.46 bits per heavy atom. The number of amides is 2. The summed E-state index contributed by atoms with van der Waals surface area (Å²) < 4.78 is 1.77. The first-order chi connectivity index (χ1) is 13.2. The van der Waals surface area contributed by atoms with Gasteiger partial charge in [-0.15, -0.1) is 12.4 Å². The summed E-state index contributed by atoms with van der Waals surface area (Å²) in [5.41, 5.74) is 1.09. The summed E-state index contributed by atoms with van der Waals surface area (Å²) in [7, 11) is 0. The topological polar surface area (TPSA) is 70.5 Å². The fourth-order valence-corrected chi connectivity index (χ4v) is 4.60. The van der Waals surface area contributed by atoms with Crippen molar-refractivity contribution in [2.45, 2.75) is 51.0 Å². The number of nitrogens with one attached hydrogen (secondary N) is 1. The van der Waals surface area contributed by atoms with Crippen LogP contribution in [0, 0.1) is 5.92 Å². The molecule has 1 aromatic heterocycles. The Bertz CT molecular complexity index is 659. The molecule has 4 rings (SSSR count). The third-order valence-corrected chi connectivity index (χ3v) is 6.29. The Morgan fingerprint density at radius 1 is 1.04 bits per heavy atom. The van der Waals surface area contributed by atoms with Gasteiger partial charge in [0.25, 0.3) is 0 Å². The highest BCUT2D eigenvalue weighted by molar-refractivity contribution is 5.85. The summed E-state index contributed by atoms with van der Waals surface area (Å²) in [6.45, 7) is 5.56. The van der Waals surface area contributed by atoms with Gasteiger partial charge in [0.05, 0.1) is 5.69 Å². The number of aromatic nitrogens is 2. The molecular formula is C20H32ClN5O2. The van der Waals surface area contributed by atoms with Crippen molar-refractivity contribution in [3.8, 4) is 0 Å². The lowest BCUT2D eigenvalue weighted by Crippen LogP contribution is -2.44. The quantitative estimate of drug-likeness (QED) is 0.820. The largest absolute Gasteiger partial charge is 0.342 e. The van der Waals surface area contributed by atoms with E-state index in [4.69, 9.17) is 0 Å². The first kappa shape index (κ1) is 21.1. The van der Waals surface area contributed by atoms with Crippen molar-refractivity contribution in [2.75, 3.05) is 39.3 Å². The van der Waals surface area contributed by atoms with E-state index in [0.29, 0.717) is 31.5 Å². The minimum atomic E-state index is 0. The molecular weight excluding hydrogens is 378 g/mol. The van der Waals surface area contributed by atoms with Gasteiger partial charge in [-0.2, -0.15) is 5.10 Å². The summed E-state index contributed by atoms with van der Waals surface area (Å²) >= 11 is 0. The third-order valence-electron chi connectivity index (χ3n) is 6.29. The van der Waals surface area contributed by atoms with Crippen molar-refractivity contribution in [3.05, 3.63) is 18.0 Å². The SMILES string of the molecule is Cl.O=C(Cn1ccc(C2CCCNC2)n1)N1CCC(C(=O)N2CCCC2)CC1. The molecule has 3 fully saturated rings. The van der Waals surface area contributed by atoms with Crippen LogP contribution in [0.2, 0.25) is 0 Å².